The first-order chi connectivity index (χ1) is 17.4. The molecule has 3 amide bonds. The molecule has 0 aliphatic heterocycles. The number of para-hydroxylation sites is 1. The maximum Gasteiger partial charge on any atom is 0.339 e. The number of urea groups is 1. The molecule has 2 aromatic carbocycles. The molecule has 0 aliphatic rings. The molecule has 3 aromatic rings. The van der Waals surface area contributed by atoms with Crippen molar-refractivity contribution >= 4 is 28.8 Å². The van der Waals surface area contributed by atoms with Gasteiger partial charge in [-0.1, -0.05) is 31.5 Å². The normalized spacial score (nSPS) is 10.4. The van der Waals surface area contributed by atoms with Crippen LogP contribution in [0.5, 0.6) is 17.2 Å². The molecule has 1 heterocycles. The van der Waals surface area contributed by atoms with E-state index in [0.29, 0.717) is 46.0 Å². The van der Waals surface area contributed by atoms with E-state index in [1.807, 2.05) is 6.92 Å². The first-order valence-corrected chi connectivity index (χ1v) is 11.4. The summed E-state index contributed by atoms with van der Waals surface area (Å²) < 4.78 is 21.5. The summed E-state index contributed by atoms with van der Waals surface area (Å²) >= 11 is 0. The number of amides is 3. The van der Waals surface area contributed by atoms with E-state index < -0.39 is 24.5 Å². The van der Waals surface area contributed by atoms with Crippen molar-refractivity contribution in [1.29, 1.82) is 0 Å². The van der Waals surface area contributed by atoms with Gasteiger partial charge >= 0.3 is 12.0 Å². The molecule has 0 saturated heterocycles. The monoisotopic (exact) mass is 495 g/mol. The van der Waals surface area contributed by atoms with Crippen molar-refractivity contribution in [2.24, 2.45) is 0 Å². The third-order valence-electron chi connectivity index (χ3n) is 5.30. The average Bonchev–Trinajstić information content (AvgIpc) is 2.90. The molecular formula is C26H29N3O7. The number of hydrogen-bond donors (Lipinski definition) is 2. The molecule has 190 valence electrons. The summed E-state index contributed by atoms with van der Waals surface area (Å²) in [5.74, 6) is -0.182. The Balaban J connectivity index is 1.88. The van der Waals surface area contributed by atoms with Gasteiger partial charge in [-0.15, -0.1) is 0 Å². The standard InChI is InChI=1S/C26H29N3O7/c1-5-6-11-27-26(32)29-23(30)15-36-25(31)18-14-20(28-19-10-8-7-9-17(18)19)16-12-21(33-2)24(35-4)22(13-16)34-3/h7-10,12-14H,5-6,11,15H2,1-4H3,(H2,27,29,30,32). The molecule has 3 rings (SSSR count). The van der Waals surface area contributed by atoms with Gasteiger partial charge < -0.3 is 24.3 Å². The fourth-order valence-electron chi connectivity index (χ4n) is 3.52. The van der Waals surface area contributed by atoms with Gasteiger partial charge in [0.2, 0.25) is 5.75 Å². The number of nitrogens with zero attached hydrogens (tertiary/aromatic N) is 1. The maximum atomic E-state index is 13.0. The predicted octanol–water partition coefficient (Wildman–Crippen LogP) is 3.71. The summed E-state index contributed by atoms with van der Waals surface area (Å²) in [5, 5.41) is 5.25. The number of unbranched alkanes of at least 4 members (excludes halogenated alkanes) is 1. The largest absolute Gasteiger partial charge is 0.493 e. The second-order valence-electron chi connectivity index (χ2n) is 7.72. The summed E-state index contributed by atoms with van der Waals surface area (Å²) in [6.45, 7) is 1.82. The number of rotatable bonds is 10. The molecule has 10 nitrogen and oxygen atoms in total. The van der Waals surface area contributed by atoms with Crippen LogP contribution < -0.4 is 24.8 Å². The van der Waals surface area contributed by atoms with Crippen LogP contribution in [0.15, 0.2) is 42.5 Å². The third kappa shape index (κ3) is 6.21. The van der Waals surface area contributed by atoms with E-state index in [1.54, 1.807) is 42.5 Å². The molecular weight excluding hydrogens is 466 g/mol. The first kappa shape index (κ1) is 26.3. The molecule has 0 unspecified atom stereocenters. The number of pyridine rings is 1. The van der Waals surface area contributed by atoms with E-state index in [9.17, 15) is 14.4 Å². The van der Waals surface area contributed by atoms with Gasteiger partial charge in [-0.05, 0) is 30.7 Å². The number of carbonyl (C=O) groups is 3. The number of fused-ring (bicyclic) bond motifs is 1. The van der Waals surface area contributed by atoms with Crippen molar-refractivity contribution in [2.75, 3.05) is 34.5 Å². The molecule has 0 aliphatic carbocycles. The summed E-state index contributed by atoms with van der Waals surface area (Å²) in [6.07, 6.45) is 1.70. The molecule has 2 N–H and O–H groups in total. The summed E-state index contributed by atoms with van der Waals surface area (Å²) in [5.41, 5.74) is 1.84. The summed E-state index contributed by atoms with van der Waals surface area (Å²) in [7, 11) is 4.52. The number of carbonyl (C=O) groups excluding carboxylic acids is 3. The van der Waals surface area contributed by atoms with Gasteiger partial charge in [0.05, 0.1) is 38.1 Å². The van der Waals surface area contributed by atoms with Crippen molar-refractivity contribution in [1.82, 2.24) is 15.6 Å². The van der Waals surface area contributed by atoms with Crippen molar-refractivity contribution < 1.29 is 33.3 Å². The highest BCUT2D eigenvalue weighted by molar-refractivity contribution is 6.05. The van der Waals surface area contributed by atoms with E-state index >= 15 is 0 Å². The molecule has 0 fully saturated rings. The zero-order valence-corrected chi connectivity index (χ0v) is 20.7. The SMILES string of the molecule is CCCCNC(=O)NC(=O)COC(=O)c1cc(-c2cc(OC)c(OC)c(OC)c2)nc2ccccc12. The Morgan fingerprint density at radius 2 is 1.64 bits per heavy atom. The van der Waals surface area contributed by atoms with Crippen LogP contribution in [0.25, 0.3) is 22.2 Å². The Labute approximate surface area is 208 Å². The number of ether oxygens (including phenoxy) is 4. The lowest BCUT2D eigenvalue weighted by atomic mass is 10.0. The van der Waals surface area contributed by atoms with E-state index in [0.717, 1.165) is 12.8 Å². The molecule has 1 aromatic heterocycles. The summed E-state index contributed by atoms with van der Waals surface area (Å²) in [4.78, 5) is 41.5. The van der Waals surface area contributed by atoms with Gasteiger partial charge in [0.15, 0.2) is 18.1 Å². The van der Waals surface area contributed by atoms with Crippen LogP contribution in [0.1, 0.15) is 30.1 Å². The Bertz CT molecular complexity index is 1230. The lowest BCUT2D eigenvalue weighted by molar-refractivity contribution is -0.123. The number of benzene rings is 2. The first-order valence-electron chi connectivity index (χ1n) is 11.4. The van der Waals surface area contributed by atoms with Gasteiger partial charge in [-0.25, -0.2) is 14.6 Å². The van der Waals surface area contributed by atoms with Crippen LogP contribution in [-0.2, 0) is 9.53 Å². The highest BCUT2D eigenvalue weighted by Crippen LogP contribution is 2.41. The van der Waals surface area contributed by atoms with Gasteiger partial charge in [-0.3, -0.25) is 10.1 Å². The smallest absolute Gasteiger partial charge is 0.339 e. The highest BCUT2D eigenvalue weighted by Gasteiger charge is 2.20. The molecule has 0 atom stereocenters. The van der Waals surface area contributed by atoms with Gasteiger partial charge in [-0.2, -0.15) is 0 Å². The van der Waals surface area contributed by atoms with Crippen molar-refractivity contribution in [3.05, 3.63) is 48.0 Å². The number of methoxy groups -OCH3 is 3. The van der Waals surface area contributed by atoms with Gasteiger partial charge in [0, 0.05) is 17.5 Å². The van der Waals surface area contributed by atoms with Crippen LogP contribution in [0.3, 0.4) is 0 Å². The number of nitrogens with one attached hydrogen (secondary N) is 2. The second-order valence-corrected chi connectivity index (χ2v) is 7.72. The van der Waals surface area contributed by atoms with E-state index in [4.69, 9.17) is 18.9 Å². The third-order valence-corrected chi connectivity index (χ3v) is 5.30. The van der Waals surface area contributed by atoms with E-state index in [-0.39, 0.29) is 5.56 Å². The highest BCUT2D eigenvalue weighted by atomic mass is 16.5. The fraction of sp³-hybridized carbons (Fsp3) is 0.308. The van der Waals surface area contributed by atoms with Crippen LogP contribution in [0.2, 0.25) is 0 Å². The van der Waals surface area contributed by atoms with Gasteiger partial charge in [0.1, 0.15) is 0 Å². The lowest BCUT2D eigenvalue weighted by Gasteiger charge is -2.15. The zero-order valence-electron chi connectivity index (χ0n) is 20.7. The Morgan fingerprint density at radius 1 is 0.944 bits per heavy atom. The second kappa shape index (κ2) is 12.4. The van der Waals surface area contributed by atoms with Crippen LogP contribution in [-0.4, -0.2) is 57.4 Å². The van der Waals surface area contributed by atoms with Gasteiger partial charge in [0.25, 0.3) is 5.91 Å². The van der Waals surface area contributed by atoms with Crippen molar-refractivity contribution in [3.8, 4) is 28.5 Å². The number of imide groups is 1. The minimum Gasteiger partial charge on any atom is -0.493 e. The molecule has 0 spiro atoms. The number of hydrogen-bond acceptors (Lipinski definition) is 8. The Kier molecular flexibility index (Phi) is 9.04. The number of esters is 1. The van der Waals surface area contributed by atoms with Crippen molar-refractivity contribution in [3.63, 3.8) is 0 Å². The summed E-state index contributed by atoms with van der Waals surface area (Å²) in [6, 6.07) is 11.4. The Morgan fingerprint density at radius 3 is 2.28 bits per heavy atom. The fourth-order valence-corrected chi connectivity index (χ4v) is 3.52. The number of aromatic nitrogens is 1. The lowest BCUT2D eigenvalue weighted by Crippen LogP contribution is -2.41. The van der Waals surface area contributed by atoms with Crippen LogP contribution in [0.4, 0.5) is 4.79 Å². The van der Waals surface area contributed by atoms with Crippen LogP contribution >= 0.6 is 0 Å². The van der Waals surface area contributed by atoms with E-state index in [2.05, 4.69) is 15.6 Å². The minimum atomic E-state index is -0.736. The predicted molar refractivity (Wildman–Crippen MR) is 134 cm³/mol. The molecule has 36 heavy (non-hydrogen) atoms. The average molecular weight is 496 g/mol. The minimum absolute atomic E-state index is 0.213. The van der Waals surface area contributed by atoms with Crippen LogP contribution in [0, 0.1) is 0 Å². The zero-order chi connectivity index (χ0) is 26.1. The molecule has 0 radical (unpaired) electrons. The quantitative estimate of drug-likeness (QED) is 0.322. The topological polar surface area (TPSA) is 125 Å². The maximum absolute atomic E-state index is 13.0. The molecule has 0 bridgehead atoms. The molecule has 10 heteroatoms. The van der Waals surface area contributed by atoms with E-state index in [1.165, 1.54) is 21.3 Å². The van der Waals surface area contributed by atoms with Crippen molar-refractivity contribution in [2.45, 2.75) is 19.8 Å². The Hall–Kier alpha value is -4.34. The molecule has 0 saturated carbocycles.